The average molecular weight is 296 g/mol. The number of fused-ring (bicyclic) bond motifs is 2. The second kappa shape index (κ2) is 4.28. The van der Waals surface area contributed by atoms with Crippen LogP contribution >= 0.6 is 0 Å². The molecule has 1 aromatic heterocycles. The third kappa shape index (κ3) is 1.57. The van der Waals surface area contributed by atoms with Gasteiger partial charge >= 0.3 is 0 Å². The van der Waals surface area contributed by atoms with Crippen LogP contribution in [0.15, 0.2) is 29.1 Å². The van der Waals surface area contributed by atoms with E-state index in [1.807, 2.05) is 12.1 Å². The minimum absolute atomic E-state index is 0.00819. The van der Waals surface area contributed by atoms with Gasteiger partial charge in [-0.3, -0.25) is 24.3 Å². The summed E-state index contributed by atoms with van der Waals surface area (Å²) in [6, 6.07) is 6.76. The molecule has 0 aliphatic carbocycles. The van der Waals surface area contributed by atoms with Gasteiger partial charge < -0.3 is 11.1 Å². The number of nitrogens with zero attached hydrogens (tertiary/aromatic N) is 1. The lowest BCUT2D eigenvalue weighted by atomic mass is 10.1. The SMILES string of the molecule is Nc1c2c(cc(=O)n1-c1cccc3c1CNC3)C(=O)NC2=O. The Bertz CT molecular complexity index is 914. The van der Waals surface area contributed by atoms with E-state index in [4.69, 9.17) is 5.73 Å². The minimum atomic E-state index is -0.587. The molecule has 7 heteroatoms. The van der Waals surface area contributed by atoms with Crippen LogP contribution in [0.25, 0.3) is 5.69 Å². The van der Waals surface area contributed by atoms with Crippen molar-refractivity contribution in [3.63, 3.8) is 0 Å². The van der Waals surface area contributed by atoms with Crippen molar-refractivity contribution in [1.82, 2.24) is 15.2 Å². The van der Waals surface area contributed by atoms with Crippen molar-refractivity contribution < 1.29 is 9.59 Å². The van der Waals surface area contributed by atoms with E-state index in [0.717, 1.165) is 23.7 Å². The molecule has 0 saturated carbocycles. The van der Waals surface area contributed by atoms with Crippen LogP contribution in [0.3, 0.4) is 0 Å². The van der Waals surface area contributed by atoms with Gasteiger partial charge in [-0.15, -0.1) is 0 Å². The standard InChI is InChI=1S/C15H12N4O3/c16-13-12-8(14(21)18-15(12)22)4-11(20)19(13)10-3-1-2-7-5-17-6-9(7)10/h1-4,17H,5-6,16H2,(H,18,21,22). The summed E-state index contributed by atoms with van der Waals surface area (Å²) in [6.07, 6.45) is 0. The highest BCUT2D eigenvalue weighted by Gasteiger charge is 2.32. The van der Waals surface area contributed by atoms with Crippen molar-refractivity contribution in [3.05, 3.63) is 56.9 Å². The number of hydrogen-bond donors (Lipinski definition) is 3. The Hall–Kier alpha value is -2.93. The second-order valence-corrected chi connectivity index (χ2v) is 5.29. The number of pyridine rings is 1. The highest BCUT2D eigenvalue weighted by atomic mass is 16.2. The number of aromatic nitrogens is 1. The Morgan fingerprint density at radius 1 is 1.09 bits per heavy atom. The Kier molecular flexibility index (Phi) is 2.49. The van der Waals surface area contributed by atoms with Crippen LogP contribution in [0.4, 0.5) is 5.82 Å². The first kappa shape index (κ1) is 12.8. The maximum atomic E-state index is 12.4. The molecule has 0 saturated heterocycles. The highest BCUT2D eigenvalue weighted by Crippen LogP contribution is 2.27. The fourth-order valence-electron chi connectivity index (χ4n) is 3.05. The van der Waals surface area contributed by atoms with Crippen molar-refractivity contribution in [3.8, 4) is 5.69 Å². The van der Waals surface area contributed by atoms with Gasteiger partial charge in [-0.1, -0.05) is 12.1 Å². The monoisotopic (exact) mass is 296 g/mol. The molecule has 2 aromatic rings. The van der Waals surface area contributed by atoms with Crippen LogP contribution in [0.1, 0.15) is 31.8 Å². The van der Waals surface area contributed by atoms with E-state index in [9.17, 15) is 14.4 Å². The smallest absolute Gasteiger partial charge is 0.262 e. The van der Waals surface area contributed by atoms with E-state index in [-0.39, 0.29) is 16.9 Å². The number of carbonyl (C=O) groups excluding carboxylic acids is 2. The maximum absolute atomic E-state index is 12.4. The number of nitrogen functional groups attached to an aromatic ring is 1. The number of nitrogens with one attached hydrogen (secondary N) is 2. The molecule has 4 N–H and O–H groups in total. The predicted molar refractivity (Wildman–Crippen MR) is 78.8 cm³/mol. The Morgan fingerprint density at radius 2 is 1.91 bits per heavy atom. The van der Waals surface area contributed by atoms with Gasteiger partial charge in [-0.25, -0.2) is 0 Å². The van der Waals surface area contributed by atoms with E-state index >= 15 is 0 Å². The molecular weight excluding hydrogens is 284 g/mol. The summed E-state index contributed by atoms with van der Waals surface area (Å²) in [5, 5.41) is 5.37. The number of hydrogen-bond acceptors (Lipinski definition) is 5. The van der Waals surface area contributed by atoms with Crippen LogP contribution in [0.5, 0.6) is 0 Å². The van der Waals surface area contributed by atoms with E-state index < -0.39 is 17.4 Å². The zero-order chi connectivity index (χ0) is 15.4. The zero-order valence-corrected chi connectivity index (χ0v) is 11.5. The molecule has 0 fully saturated rings. The number of imide groups is 1. The minimum Gasteiger partial charge on any atom is -0.384 e. The summed E-state index contributed by atoms with van der Waals surface area (Å²) in [7, 11) is 0. The maximum Gasteiger partial charge on any atom is 0.262 e. The molecule has 2 amide bonds. The third-order valence-corrected chi connectivity index (χ3v) is 4.06. The fraction of sp³-hybridized carbons (Fsp3) is 0.133. The largest absolute Gasteiger partial charge is 0.384 e. The number of anilines is 1. The lowest BCUT2D eigenvalue weighted by Gasteiger charge is -2.15. The number of rotatable bonds is 1. The van der Waals surface area contributed by atoms with Crippen molar-refractivity contribution >= 4 is 17.6 Å². The molecule has 22 heavy (non-hydrogen) atoms. The Balaban J connectivity index is 2.05. The summed E-state index contributed by atoms with van der Waals surface area (Å²) in [6.45, 7) is 1.35. The van der Waals surface area contributed by atoms with Crippen molar-refractivity contribution in [2.24, 2.45) is 0 Å². The Morgan fingerprint density at radius 3 is 2.73 bits per heavy atom. The van der Waals surface area contributed by atoms with Gasteiger partial charge in [0.15, 0.2) is 0 Å². The van der Waals surface area contributed by atoms with Crippen LogP contribution in [-0.2, 0) is 13.1 Å². The quantitative estimate of drug-likeness (QED) is 0.638. The van der Waals surface area contributed by atoms with Crippen molar-refractivity contribution in [1.29, 1.82) is 0 Å². The predicted octanol–water partition coefficient (Wildman–Crippen LogP) is -0.0935. The van der Waals surface area contributed by atoms with Gasteiger partial charge in [0, 0.05) is 19.2 Å². The van der Waals surface area contributed by atoms with Crippen LogP contribution in [-0.4, -0.2) is 16.4 Å². The molecule has 0 radical (unpaired) electrons. The molecule has 0 unspecified atom stereocenters. The van der Waals surface area contributed by atoms with Gasteiger partial charge in [0.1, 0.15) is 5.82 Å². The van der Waals surface area contributed by atoms with Crippen molar-refractivity contribution in [2.45, 2.75) is 13.1 Å². The number of nitrogens with two attached hydrogens (primary N) is 1. The van der Waals surface area contributed by atoms with E-state index in [0.29, 0.717) is 12.2 Å². The van der Waals surface area contributed by atoms with Crippen LogP contribution < -0.4 is 21.9 Å². The fourth-order valence-corrected chi connectivity index (χ4v) is 3.05. The summed E-state index contributed by atoms with van der Waals surface area (Å²) in [4.78, 5) is 36.0. The lowest BCUT2D eigenvalue weighted by Crippen LogP contribution is -2.25. The molecule has 110 valence electrons. The average Bonchev–Trinajstić information content (AvgIpc) is 3.05. The lowest BCUT2D eigenvalue weighted by molar-refractivity contribution is 0.0880. The van der Waals surface area contributed by atoms with Gasteiger partial charge in [-0.2, -0.15) is 0 Å². The van der Waals surface area contributed by atoms with Gasteiger partial charge in [0.25, 0.3) is 17.4 Å². The normalized spacial score (nSPS) is 15.6. The highest BCUT2D eigenvalue weighted by molar-refractivity contribution is 6.23. The molecule has 7 nitrogen and oxygen atoms in total. The van der Waals surface area contributed by atoms with Gasteiger partial charge in [0.2, 0.25) is 0 Å². The zero-order valence-electron chi connectivity index (χ0n) is 11.5. The van der Waals surface area contributed by atoms with E-state index in [1.54, 1.807) is 6.07 Å². The summed E-state index contributed by atoms with van der Waals surface area (Å²) in [5.74, 6) is -1.17. The molecule has 1 aromatic carbocycles. The molecule has 2 aliphatic rings. The molecule has 0 spiro atoms. The van der Waals surface area contributed by atoms with Crippen LogP contribution in [0.2, 0.25) is 0 Å². The molecule has 0 bridgehead atoms. The van der Waals surface area contributed by atoms with E-state index in [2.05, 4.69) is 10.6 Å². The molecular formula is C15H12N4O3. The first-order chi connectivity index (χ1) is 10.6. The van der Waals surface area contributed by atoms with Gasteiger partial charge in [0.05, 0.1) is 16.8 Å². The first-order valence-corrected chi connectivity index (χ1v) is 6.81. The summed E-state index contributed by atoms with van der Waals surface area (Å²) < 4.78 is 1.29. The Labute approximate surface area is 124 Å². The van der Waals surface area contributed by atoms with E-state index in [1.165, 1.54) is 4.57 Å². The van der Waals surface area contributed by atoms with Crippen LogP contribution in [0, 0.1) is 0 Å². The number of amides is 2. The number of benzene rings is 1. The molecule has 4 rings (SSSR count). The summed E-state index contributed by atoms with van der Waals surface area (Å²) >= 11 is 0. The molecule has 0 atom stereocenters. The molecule has 3 heterocycles. The molecule has 2 aliphatic heterocycles. The first-order valence-electron chi connectivity index (χ1n) is 6.81. The number of carbonyl (C=O) groups is 2. The summed E-state index contributed by atoms with van der Waals surface area (Å²) in [5.41, 5.74) is 8.41. The second-order valence-electron chi connectivity index (χ2n) is 5.29. The third-order valence-electron chi connectivity index (χ3n) is 4.06. The van der Waals surface area contributed by atoms with Gasteiger partial charge in [-0.05, 0) is 17.2 Å². The van der Waals surface area contributed by atoms with Crippen molar-refractivity contribution in [2.75, 3.05) is 5.73 Å². The topological polar surface area (TPSA) is 106 Å².